The Labute approximate surface area is 98.9 Å². The Hall–Kier alpha value is -1.71. The van der Waals surface area contributed by atoms with E-state index >= 15 is 0 Å². The molecule has 0 fully saturated rings. The van der Waals surface area contributed by atoms with Gasteiger partial charge in [-0.2, -0.15) is 21.6 Å². The van der Waals surface area contributed by atoms with E-state index in [1.807, 2.05) is 0 Å². The fourth-order valence-corrected chi connectivity index (χ4v) is 0.723. The largest absolute Gasteiger partial charge is 0.476 e. The highest BCUT2D eigenvalue weighted by molar-refractivity contribution is 7.81. The van der Waals surface area contributed by atoms with E-state index in [0.29, 0.717) is 0 Å². The van der Waals surface area contributed by atoms with Crippen LogP contribution < -0.4 is 5.32 Å². The van der Waals surface area contributed by atoms with Crippen LogP contribution in [-0.2, 0) is 15.4 Å². The van der Waals surface area contributed by atoms with Gasteiger partial charge in [0.25, 0.3) is 0 Å². The van der Waals surface area contributed by atoms with E-state index in [9.17, 15) is 25.7 Å². The molecule has 1 aromatic rings. The van der Waals surface area contributed by atoms with Crippen molar-refractivity contribution in [1.82, 2.24) is 0 Å². The maximum Gasteiger partial charge on any atom is 0.476 e. The Kier molecular flexibility index (Phi) is 5.69. The predicted molar refractivity (Wildman–Crippen MR) is 52.3 cm³/mol. The molecule has 0 aliphatic rings. The Morgan fingerprint density at radius 3 is 1.78 bits per heavy atom. The van der Waals surface area contributed by atoms with Crippen molar-refractivity contribution >= 4 is 22.2 Å². The smallest absolute Gasteiger partial charge is 0.318 e. The first-order valence-electron chi connectivity index (χ1n) is 4.07. The summed E-state index contributed by atoms with van der Waals surface area (Å²) in [5, 5.41) is 1.72. The van der Waals surface area contributed by atoms with Gasteiger partial charge in [0, 0.05) is 5.69 Å². The highest BCUT2D eigenvalue weighted by Crippen LogP contribution is 2.17. The quantitative estimate of drug-likeness (QED) is 0.638. The average Bonchev–Trinajstić information content (AvgIpc) is 2.15. The predicted octanol–water partition coefficient (Wildman–Crippen LogP) is 2.36. The molecule has 0 aliphatic heterocycles. The van der Waals surface area contributed by atoms with E-state index in [0.717, 1.165) is 0 Å². The molecule has 10 heteroatoms. The van der Waals surface area contributed by atoms with Crippen LogP contribution in [-0.4, -0.2) is 20.5 Å². The molecule has 1 amide bonds. The Morgan fingerprint density at radius 1 is 1.06 bits per heavy atom. The van der Waals surface area contributed by atoms with Crippen molar-refractivity contribution in [2.45, 2.75) is 6.18 Å². The van der Waals surface area contributed by atoms with Crippen LogP contribution in [0.15, 0.2) is 30.3 Å². The van der Waals surface area contributed by atoms with Crippen LogP contribution in [0.25, 0.3) is 0 Å². The summed E-state index contributed by atoms with van der Waals surface area (Å²) in [6, 6.07) is 7.47. The Balaban J connectivity index is 0.000000494. The van der Waals surface area contributed by atoms with E-state index in [1.165, 1.54) is 24.3 Å². The van der Waals surface area contributed by atoms with E-state index in [-0.39, 0.29) is 5.69 Å². The molecule has 0 unspecified atom stereocenters. The number of alkyl halides is 3. The van der Waals surface area contributed by atoms with Gasteiger partial charge in [-0.05, 0) is 12.1 Å². The van der Waals surface area contributed by atoms with Crippen molar-refractivity contribution in [2.24, 2.45) is 0 Å². The second-order valence-electron chi connectivity index (χ2n) is 2.70. The van der Waals surface area contributed by atoms with E-state index < -0.39 is 22.7 Å². The van der Waals surface area contributed by atoms with E-state index in [2.05, 4.69) is 0 Å². The second kappa shape index (κ2) is 6.28. The molecule has 0 aromatic heterocycles. The second-order valence-corrected chi connectivity index (χ2v) is 3.45. The first-order valence-corrected chi connectivity index (χ1v) is 5.36. The lowest BCUT2D eigenvalue weighted by molar-refractivity contribution is -0.167. The van der Waals surface area contributed by atoms with Crippen LogP contribution >= 0.6 is 0 Å². The number of halogens is 5. The number of para-hydroxylation sites is 1. The molecule has 1 N–H and O–H groups in total. The number of nitrogens with one attached hydrogen (secondary N) is 1. The number of carbonyl (C=O) groups is 1. The SMILES string of the molecule is O=C(Nc1ccccc1)C(F)(F)F.O=S(=O)(F)F. The summed E-state index contributed by atoms with van der Waals surface area (Å²) >= 11 is 0. The van der Waals surface area contributed by atoms with Crippen molar-refractivity contribution in [2.75, 3.05) is 5.32 Å². The summed E-state index contributed by atoms with van der Waals surface area (Å²) in [6.45, 7) is 0. The number of rotatable bonds is 1. The number of benzene rings is 1. The summed E-state index contributed by atoms with van der Waals surface area (Å²) in [6.07, 6.45) is -4.84. The zero-order valence-electron chi connectivity index (χ0n) is 8.41. The molecule has 0 atom stereocenters. The summed E-state index contributed by atoms with van der Waals surface area (Å²) < 4.78 is 71.8. The van der Waals surface area contributed by atoms with Crippen molar-refractivity contribution in [3.63, 3.8) is 0 Å². The number of hydrogen-bond donors (Lipinski definition) is 1. The maximum absolute atomic E-state index is 11.7. The lowest BCUT2D eigenvalue weighted by Gasteiger charge is -2.06. The monoisotopic (exact) mass is 291 g/mol. The highest BCUT2D eigenvalue weighted by Gasteiger charge is 2.38. The first-order chi connectivity index (χ1) is 8.00. The topological polar surface area (TPSA) is 63.2 Å². The van der Waals surface area contributed by atoms with Crippen LogP contribution in [0.4, 0.5) is 26.6 Å². The summed E-state index contributed by atoms with van der Waals surface area (Å²) in [5.41, 5.74) is 0.129. The zero-order valence-corrected chi connectivity index (χ0v) is 9.23. The van der Waals surface area contributed by atoms with Gasteiger partial charge in [-0.3, -0.25) is 4.79 Å². The van der Waals surface area contributed by atoms with Gasteiger partial charge in [0.1, 0.15) is 0 Å². The molecule has 18 heavy (non-hydrogen) atoms. The minimum absolute atomic E-state index is 0.129. The fraction of sp³-hybridized carbons (Fsp3) is 0.125. The van der Waals surface area contributed by atoms with Gasteiger partial charge in [-0.15, -0.1) is 0 Å². The summed E-state index contributed by atoms with van der Waals surface area (Å²) in [4.78, 5) is 10.4. The molecule has 0 saturated heterocycles. The molecule has 4 nitrogen and oxygen atoms in total. The first kappa shape index (κ1) is 16.3. The number of amides is 1. The average molecular weight is 291 g/mol. The van der Waals surface area contributed by atoms with E-state index in [4.69, 9.17) is 8.42 Å². The van der Waals surface area contributed by atoms with Gasteiger partial charge >= 0.3 is 22.7 Å². The number of hydrogen-bond acceptors (Lipinski definition) is 3. The standard InChI is InChI=1S/C8H6F3NO.F2O2S/c9-8(10,11)7(13)12-6-4-2-1-3-5-6;1-5(2,3)4/h1-5H,(H,12,13);. The van der Waals surface area contributed by atoms with Crippen LogP contribution in [0.3, 0.4) is 0 Å². The molecule has 0 heterocycles. The Morgan fingerprint density at radius 2 is 1.44 bits per heavy atom. The van der Waals surface area contributed by atoms with Gasteiger partial charge < -0.3 is 5.32 Å². The normalized spacial score (nSPS) is 11.2. The lowest BCUT2D eigenvalue weighted by Crippen LogP contribution is -2.29. The molecule has 1 aromatic carbocycles. The van der Waals surface area contributed by atoms with Crippen molar-refractivity contribution in [3.8, 4) is 0 Å². The molecular formula is C8H6F5NO3S. The lowest BCUT2D eigenvalue weighted by atomic mass is 10.3. The maximum atomic E-state index is 11.7. The highest BCUT2D eigenvalue weighted by atomic mass is 32.3. The van der Waals surface area contributed by atoms with E-state index in [1.54, 1.807) is 11.4 Å². The van der Waals surface area contributed by atoms with Crippen LogP contribution in [0.1, 0.15) is 0 Å². The molecule has 1 rings (SSSR count). The van der Waals surface area contributed by atoms with Gasteiger partial charge in [0.2, 0.25) is 0 Å². The zero-order chi connectivity index (χ0) is 14.4. The molecule has 0 radical (unpaired) electrons. The molecule has 102 valence electrons. The van der Waals surface area contributed by atoms with Crippen molar-refractivity contribution in [3.05, 3.63) is 30.3 Å². The third kappa shape index (κ3) is 9.51. The fourth-order valence-electron chi connectivity index (χ4n) is 0.723. The van der Waals surface area contributed by atoms with Crippen LogP contribution in [0.2, 0.25) is 0 Å². The molecule has 0 bridgehead atoms. The van der Waals surface area contributed by atoms with Crippen LogP contribution in [0.5, 0.6) is 0 Å². The molecule has 0 saturated carbocycles. The minimum atomic E-state index is -5.67. The third-order valence-electron chi connectivity index (χ3n) is 1.29. The summed E-state index contributed by atoms with van der Waals surface area (Å²) in [7, 11) is -5.67. The van der Waals surface area contributed by atoms with Crippen molar-refractivity contribution < 1.29 is 34.2 Å². The molecular weight excluding hydrogens is 285 g/mol. The Bertz CT molecular complexity index is 477. The van der Waals surface area contributed by atoms with Crippen molar-refractivity contribution in [1.29, 1.82) is 0 Å². The number of carbonyl (C=O) groups excluding carboxylic acids is 1. The van der Waals surface area contributed by atoms with Gasteiger partial charge in [-0.1, -0.05) is 26.0 Å². The third-order valence-corrected chi connectivity index (χ3v) is 1.29. The summed E-state index contributed by atoms with van der Waals surface area (Å²) in [5.74, 6) is -1.96. The molecule has 0 spiro atoms. The molecule has 0 aliphatic carbocycles. The van der Waals surface area contributed by atoms with Crippen LogP contribution in [0, 0.1) is 0 Å². The number of anilines is 1. The minimum Gasteiger partial charge on any atom is -0.318 e. The van der Waals surface area contributed by atoms with Gasteiger partial charge in [0.15, 0.2) is 0 Å². The van der Waals surface area contributed by atoms with Gasteiger partial charge in [0.05, 0.1) is 0 Å². The van der Waals surface area contributed by atoms with Gasteiger partial charge in [-0.25, -0.2) is 0 Å².